The Morgan fingerprint density at radius 1 is 1.29 bits per heavy atom. The predicted octanol–water partition coefficient (Wildman–Crippen LogP) is 1.92. The molecule has 0 spiro atoms. The third-order valence-electron chi connectivity index (χ3n) is 4.60. The fraction of sp³-hybridized carbons (Fsp3) is 0.389. The summed E-state index contributed by atoms with van der Waals surface area (Å²) < 4.78 is 1.65. The number of aromatic nitrogens is 2. The highest BCUT2D eigenvalue weighted by molar-refractivity contribution is 5.91. The van der Waals surface area contributed by atoms with Crippen molar-refractivity contribution in [2.24, 2.45) is 7.05 Å². The van der Waals surface area contributed by atoms with Crippen LogP contribution in [0.15, 0.2) is 42.6 Å². The summed E-state index contributed by atoms with van der Waals surface area (Å²) in [7, 11) is 1.81. The van der Waals surface area contributed by atoms with Gasteiger partial charge in [0.1, 0.15) is 0 Å². The zero-order chi connectivity index (χ0) is 17.0. The minimum Gasteiger partial charge on any atom is -0.308 e. The lowest BCUT2D eigenvalue weighted by atomic mass is 9.74. The molecule has 1 aliphatic rings. The molecule has 0 saturated carbocycles. The van der Waals surface area contributed by atoms with Crippen LogP contribution >= 0.6 is 0 Å². The zero-order valence-electron chi connectivity index (χ0n) is 13.8. The monoisotopic (exact) mass is 323 g/mol. The molecule has 2 aromatic rings. The second-order valence-corrected chi connectivity index (χ2v) is 6.26. The first-order chi connectivity index (χ1) is 11.6. The van der Waals surface area contributed by atoms with Crippen LogP contribution in [0.5, 0.6) is 0 Å². The van der Waals surface area contributed by atoms with Crippen LogP contribution in [0.1, 0.15) is 18.4 Å². The van der Waals surface area contributed by atoms with Crippen LogP contribution in [0, 0.1) is 11.3 Å². The van der Waals surface area contributed by atoms with Crippen LogP contribution in [0.25, 0.3) is 0 Å². The second kappa shape index (κ2) is 6.85. The topological polar surface area (TPSA) is 74.0 Å². The van der Waals surface area contributed by atoms with Gasteiger partial charge in [-0.1, -0.05) is 30.3 Å². The summed E-state index contributed by atoms with van der Waals surface area (Å²) >= 11 is 0. The van der Waals surface area contributed by atoms with E-state index in [2.05, 4.69) is 21.4 Å². The standard InChI is InChI=1S/C18H21N5O/c1-22-10-7-16(21-22)20-17(24)13-23-11-8-18(14-19,9-12-23)15-5-3-2-4-6-15/h2-7,10H,8-9,11-13H2,1H3,(H,20,21,24). The number of rotatable bonds is 4. The number of carbonyl (C=O) groups is 1. The Hall–Kier alpha value is -2.65. The van der Waals surface area contributed by atoms with Gasteiger partial charge in [0.15, 0.2) is 5.82 Å². The van der Waals surface area contributed by atoms with E-state index in [0.29, 0.717) is 12.4 Å². The third kappa shape index (κ3) is 3.47. The fourth-order valence-corrected chi connectivity index (χ4v) is 3.18. The lowest BCUT2D eigenvalue weighted by Crippen LogP contribution is -2.44. The van der Waals surface area contributed by atoms with E-state index in [0.717, 1.165) is 31.5 Å². The number of carbonyl (C=O) groups excluding carboxylic acids is 1. The van der Waals surface area contributed by atoms with E-state index >= 15 is 0 Å². The summed E-state index contributed by atoms with van der Waals surface area (Å²) in [5.74, 6) is 0.494. The maximum absolute atomic E-state index is 12.1. The molecule has 1 aromatic carbocycles. The van der Waals surface area contributed by atoms with E-state index in [1.54, 1.807) is 16.9 Å². The number of aryl methyl sites for hydroxylation is 1. The first-order valence-electron chi connectivity index (χ1n) is 8.10. The van der Waals surface area contributed by atoms with E-state index in [-0.39, 0.29) is 5.91 Å². The zero-order valence-corrected chi connectivity index (χ0v) is 13.8. The number of likely N-dealkylation sites (tertiary alicyclic amines) is 1. The maximum atomic E-state index is 12.1. The van der Waals surface area contributed by atoms with Gasteiger partial charge >= 0.3 is 0 Å². The smallest absolute Gasteiger partial charge is 0.239 e. The van der Waals surface area contributed by atoms with Gasteiger partial charge < -0.3 is 5.32 Å². The van der Waals surface area contributed by atoms with Gasteiger partial charge in [0.05, 0.1) is 18.0 Å². The Bertz CT molecular complexity index is 738. The lowest BCUT2D eigenvalue weighted by Gasteiger charge is -2.37. The maximum Gasteiger partial charge on any atom is 0.239 e. The molecule has 3 rings (SSSR count). The molecule has 124 valence electrons. The van der Waals surface area contributed by atoms with Gasteiger partial charge in [0.2, 0.25) is 5.91 Å². The van der Waals surface area contributed by atoms with E-state index in [9.17, 15) is 10.1 Å². The first kappa shape index (κ1) is 16.2. The van der Waals surface area contributed by atoms with Crippen molar-refractivity contribution in [1.82, 2.24) is 14.7 Å². The second-order valence-electron chi connectivity index (χ2n) is 6.26. The van der Waals surface area contributed by atoms with Gasteiger partial charge in [-0.15, -0.1) is 0 Å². The predicted molar refractivity (Wildman–Crippen MR) is 91.2 cm³/mol. The van der Waals surface area contributed by atoms with Crippen LogP contribution in [-0.4, -0.2) is 40.2 Å². The Morgan fingerprint density at radius 3 is 2.58 bits per heavy atom. The van der Waals surface area contributed by atoms with E-state index in [1.807, 2.05) is 37.4 Å². The molecule has 24 heavy (non-hydrogen) atoms. The van der Waals surface area contributed by atoms with Crippen molar-refractivity contribution < 1.29 is 4.79 Å². The highest BCUT2D eigenvalue weighted by atomic mass is 16.2. The summed E-state index contributed by atoms with van der Waals surface area (Å²) in [6.45, 7) is 1.79. The van der Waals surface area contributed by atoms with Crippen LogP contribution in [0.4, 0.5) is 5.82 Å². The molecule has 0 unspecified atom stereocenters. The number of hydrogen-bond acceptors (Lipinski definition) is 4. The summed E-state index contributed by atoms with van der Waals surface area (Å²) in [6.07, 6.45) is 3.27. The molecular formula is C18H21N5O. The van der Waals surface area contributed by atoms with Crippen molar-refractivity contribution in [2.75, 3.05) is 25.0 Å². The average molecular weight is 323 g/mol. The molecular weight excluding hydrogens is 302 g/mol. The van der Waals surface area contributed by atoms with Crippen molar-refractivity contribution in [3.05, 3.63) is 48.2 Å². The van der Waals surface area contributed by atoms with Crippen molar-refractivity contribution in [1.29, 1.82) is 5.26 Å². The Balaban J connectivity index is 1.57. The molecule has 1 aliphatic heterocycles. The van der Waals surface area contributed by atoms with Gasteiger partial charge in [-0.05, 0) is 18.4 Å². The van der Waals surface area contributed by atoms with Crippen LogP contribution < -0.4 is 5.32 Å². The molecule has 1 saturated heterocycles. The number of amides is 1. The van der Waals surface area contributed by atoms with Crippen molar-refractivity contribution in [3.63, 3.8) is 0 Å². The molecule has 1 aromatic heterocycles. The molecule has 0 radical (unpaired) electrons. The summed E-state index contributed by atoms with van der Waals surface area (Å²) in [4.78, 5) is 14.2. The number of benzene rings is 1. The molecule has 1 N–H and O–H groups in total. The largest absolute Gasteiger partial charge is 0.308 e. The molecule has 0 atom stereocenters. The van der Waals surface area contributed by atoms with Crippen molar-refractivity contribution >= 4 is 11.7 Å². The third-order valence-corrected chi connectivity index (χ3v) is 4.60. The van der Waals surface area contributed by atoms with E-state index in [1.165, 1.54) is 0 Å². The number of nitriles is 1. The number of nitrogens with zero attached hydrogens (tertiary/aromatic N) is 4. The Morgan fingerprint density at radius 2 is 2.00 bits per heavy atom. The SMILES string of the molecule is Cn1ccc(NC(=O)CN2CCC(C#N)(c3ccccc3)CC2)n1. The highest BCUT2D eigenvalue weighted by Crippen LogP contribution is 2.34. The summed E-state index contributed by atoms with van der Waals surface area (Å²) in [6, 6.07) is 14.2. The number of hydrogen-bond donors (Lipinski definition) is 1. The molecule has 6 nitrogen and oxygen atoms in total. The summed E-state index contributed by atoms with van der Waals surface area (Å²) in [5.41, 5.74) is 0.639. The average Bonchev–Trinajstić information content (AvgIpc) is 3.01. The van der Waals surface area contributed by atoms with Crippen molar-refractivity contribution in [2.45, 2.75) is 18.3 Å². The molecule has 1 amide bonds. The molecule has 0 aliphatic carbocycles. The number of piperidine rings is 1. The Kier molecular flexibility index (Phi) is 4.63. The molecule has 2 heterocycles. The van der Waals surface area contributed by atoms with Gasteiger partial charge in [0, 0.05) is 32.4 Å². The minimum absolute atomic E-state index is 0.0714. The minimum atomic E-state index is -0.435. The molecule has 6 heteroatoms. The molecule has 1 fully saturated rings. The normalized spacial score (nSPS) is 17.2. The highest BCUT2D eigenvalue weighted by Gasteiger charge is 2.36. The number of anilines is 1. The van der Waals surface area contributed by atoms with Crippen LogP contribution in [0.3, 0.4) is 0 Å². The number of nitrogens with one attached hydrogen (secondary N) is 1. The van der Waals surface area contributed by atoms with Crippen LogP contribution in [0.2, 0.25) is 0 Å². The van der Waals surface area contributed by atoms with E-state index in [4.69, 9.17) is 0 Å². The van der Waals surface area contributed by atoms with Gasteiger partial charge in [0.25, 0.3) is 0 Å². The van der Waals surface area contributed by atoms with Crippen molar-refractivity contribution in [3.8, 4) is 6.07 Å². The lowest BCUT2D eigenvalue weighted by molar-refractivity contribution is -0.117. The fourth-order valence-electron chi connectivity index (χ4n) is 3.18. The van der Waals surface area contributed by atoms with E-state index < -0.39 is 5.41 Å². The first-order valence-corrected chi connectivity index (χ1v) is 8.10. The van der Waals surface area contributed by atoms with Crippen LogP contribution in [-0.2, 0) is 17.3 Å². The summed E-state index contributed by atoms with van der Waals surface area (Å²) in [5, 5.41) is 16.6. The molecule has 0 bridgehead atoms. The Labute approximate surface area is 141 Å². The van der Waals surface area contributed by atoms with Gasteiger partial charge in [-0.2, -0.15) is 10.4 Å². The quantitative estimate of drug-likeness (QED) is 0.933. The van der Waals surface area contributed by atoms with Gasteiger partial charge in [-0.3, -0.25) is 14.4 Å². The van der Waals surface area contributed by atoms with Gasteiger partial charge in [-0.25, -0.2) is 0 Å².